The number of benzene rings is 2. The van der Waals surface area contributed by atoms with Gasteiger partial charge in [0.15, 0.2) is 0 Å². The van der Waals surface area contributed by atoms with Gasteiger partial charge in [0.25, 0.3) is 0 Å². The molecule has 1 amide bonds. The van der Waals surface area contributed by atoms with Crippen LogP contribution >= 0.6 is 0 Å². The van der Waals surface area contributed by atoms with Crippen molar-refractivity contribution < 1.29 is 9.53 Å². The quantitative estimate of drug-likeness (QED) is 0.814. The Morgan fingerprint density at radius 1 is 1.15 bits per heavy atom. The van der Waals surface area contributed by atoms with Crippen molar-refractivity contribution in [2.24, 2.45) is 5.92 Å². The molecule has 0 aromatic heterocycles. The van der Waals surface area contributed by atoms with Crippen molar-refractivity contribution in [2.45, 2.75) is 26.2 Å². The average molecular weight is 362 g/mol. The first-order valence-corrected chi connectivity index (χ1v) is 9.77. The number of rotatable bonds is 4. The second kappa shape index (κ2) is 7.87. The Labute approximate surface area is 160 Å². The third kappa shape index (κ3) is 4.33. The van der Waals surface area contributed by atoms with E-state index >= 15 is 0 Å². The Morgan fingerprint density at radius 2 is 1.93 bits per heavy atom. The van der Waals surface area contributed by atoms with Gasteiger partial charge in [-0.3, -0.25) is 4.79 Å². The van der Waals surface area contributed by atoms with E-state index in [2.05, 4.69) is 35.3 Å². The van der Waals surface area contributed by atoms with Crippen LogP contribution in [0.25, 0.3) is 6.08 Å². The molecule has 2 aliphatic rings. The van der Waals surface area contributed by atoms with Crippen molar-refractivity contribution in [2.75, 3.05) is 29.9 Å². The average Bonchev–Trinajstić information content (AvgIpc) is 3.15. The highest BCUT2D eigenvalue weighted by Gasteiger charge is 2.16. The Balaban J connectivity index is 1.34. The van der Waals surface area contributed by atoms with Crippen LogP contribution < -0.4 is 15.0 Å². The van der Waals surface area contributed by atoms with Gasteiger partial charge in [-0.15, -0.1) is 0 Å². The number of anilines is 2. The van der Waals surface area contributed by atoms with Crippen LogP contribution in [0, 0.1) is 5.92 Å². The van der Waals surface area contributed by atoms with Crippen molar-refractivity contribution >= 4 is 23.4 Å². The summed E-state index contributed by atoms with van der Waals surface area (Å²) >= 11 is 0. The molecule has 2 aromatic rings. The molecule has 2 heterocycles. The maximum absolute atomic E-state index is 12.2. The molecule has 1 N–H and O–H groups in total. The van der Waals surface area contributed by atoms with E-state index in [9.17, 15) is 4.79 Å². The van der Waals surface area contributed by atoms with Crippen molar-refractivity contribution in [1.82, 2.24) is 0 Å². The number of fused-ring (bicyclic) bond motifs is 1. The van der Waals surface area contributed by atoms with E-state index in [1.54, 1.807) is 6.08 Å². The SMILES string of the molecule is CC1CCN(c2ccc(NC(=O)/C=C/c3ccc4c(c3)CCO4)cc2)CC1. The summed E-state index contributed by atoms with van der Waals surface area (Å²) in [4.78, 5) is 14.6. The zero-order valence-corrected chi connectivity index (χ0v) is 15.8. The molecule has 27 heavy (non-hydrogen) atoms. The van der Waals surface area contributed by atoms with Crippen LogP contribution in [-0.4, -0.2) is 25.6 Å². The van der Waals surface area contributed by atoms with Crippen molar-refractivity contribution in [3.63, 3.8) is 0 Å². The van der Waals surface area contributed by atoms with Crippen LogP contribution in [0.4, 0.5) is 11.4 Å². The highest BCUT2D eigenvalue weighted by atomic mass is 16.5. The Kier molecular flexibility index (Phi) is 5.14. The van der Waals surface area contributed by atoms with Gasteiger partial charge < -0.3 is 15.0 Å². The first-order chi connectivity index (χ1) is 13.2. The van der Waals surface area contributed by atoms with E-state index in [1.165, 1.54) is 24.1 Å². The lowest BCUT2D eigenvalue weighted by atomic mass is 9.99. The summed E-state index contributed by atoms with van der Waals surface area (Å²) in [7, 11) is 0. The summed E-state index contributed by atoms with van der Waals surface area (Å²) in [6, 6.07) is 14.2. The molecular formula is C23H26N2O2. The molecule has 2 aromatic carbocycles. The maximum atomic E-state index is 12.2. The van der Waals surface area contributed by atoms with Crippen LogP contribution in [0.3, 0.4) is 0 Å². The molecule has 0 radical (unpaired) electrons. The van der Waals surface area contributed by atoms with E-state index in [-0.39, 0.29) is 5.91 Å². The predicted molar refractivity (Wildman–Crippen MR) is 110 cm³/mol. The number of carbonyl (C=O) groups is 1. The summed E-state index contributed by atoms with van der Waals surface area (Å²) in [6.07, 6.45) is 6.86. The van der Waals surface area contributed by atoms with Gasteiger partial charge in [-0.1, -0.05) is 13.0 Å². The van der Waals surface area contributed by atoms with Crippen molar-refractivity contribution in [1.29, 1.82) is 0 Å². The molecule has 0 bridgehead atoms. The summed E-state index contributed by atoms with van der Waals surface area (Å²) < 4.78 is 5.51. The molecule has 2 aliphatic heterocycles. The van der Waals surface area contributed by atoms with Gasteiger partial charge in [-0.2, -0.15) is 0 Å². The van der Waals surface area contributed by atoms with Gasteiger partial charge in [-0.25, -0.2) is 0 Å². The van der Waals surface area contributed by atoms with Crippen molar-refractivity contribution in [3.05, 3.63) is 59.7 Å². The number of hydrogen-bond donors (Lipinski definition) is 1. The number of hydrogen-bond acceptors (Lipinski definition) is 3. The lowest BCUT2D eigenvalue weighted by molar-refractivity contribution is -0.111. The van der Waals surface area contributed by atoms with E-state index in [1.807, 2.05) is 30.3 Å². The topological polar surface area (TPSA) is 41.6 Å². The number of carbonyl (C=O) groups excluding carboxylic acids is 1. The molecule has 0 spiro atoms. The summed E-state index contributed by atoms with van der Waals surface area (Å²) in [5.74, 6) is 1.66. The molecule has 140 valence electrons. The molecule has 0 aliphatic carbocycles. The second-order valence-corrected chi connectivity index (χ2v) is 7.50. The van der Waals surface area contributed by atoms with E-state index in [0.29, 0.717) is 0 Å². The fraction of sp³-hybridized carbons (Fsp3) is 0.348. The van der Waals surface area contributed by atoms with Crippen LogP contribution in [0.2, 0.25) is 0 Å². The van der Waals surface area contributed by atoms with E-state index < -0.39 is 0 Å². The Hall–Kier alpha value is -2.75. The number of ether oxygens (including phenoxy) is 1. The molecule has 1 saturated heterocycles. The minimum atomic E-state index is -0.119. The number of piperidine rings is 1. The summed E-state index contributed by atoms with van der Waals surface area (Å²) in [5.41, 5.74) is 4.28. The molecule has 4 nitrogen and oxygen atoms in total. The standard InChI is InChI=1S/C23H26N2O2/c1-17-10-13-25(14-11-17)21-6-4-20(5-7-21)24-23(26)9-3-18-2-8-22-19(16-18)12-15-27-22/h2-9,16-17H,10-15H2,1H3,(H,24,26)/b9-3+. The second-order valence-electron chi connectivity index (χ2n) is 7.50. The summed E-state index contributed by atoms with van der Waals surface area (Å²) in [6.45, 7) is 5.29. The van der Waals surface area contributed by atoms with Crippen LogP contribution in [-0.2, 0) is 11.2 Å². The maximum Gasteiger partial charge on any atom is 0.248 e. The normalized spacial score (nSPS) is 17.0. The van der Waals surface area contributed by atoms with Gasteiger partial charge >= 0.3 is 0 Å². The molecule has 0 unspecified atom stereocenters. The molecule has 1 fully saturated rings. The van der Waals surface area contributed by atoms with Crippen molar-refractivity contribution in [3.8, 4) is 5.75 Å². The third-order valence-electron chi connectivity index (χ3n) is 5.42. The lowest BCUT2D eigenvalue weighted by Gasteiger charge is -2.32. The first-order valence-electron chi connectivity index (χ1n) is 9.77. The molecular weight excluding hydrogens is 336 g/mol. The first kappa shape index (κ1) is 17.7. The van der Waals surface area contributed by atoms with Gasteiger partial charge in [0.2, 0.25) is 5.91 Å². The smallest absolute Gasteiger partial charge is 0.248 e. The highest BCUT2D eigenvalue weighted by Crippen LogP contribution is 2.26. The molecule has 4 rings (SSSR count). The number of amides is 1. The Bertz CT molecular complexity index is 834. The largest absolute Gasteiger partial charge is 0.493 e. The van der Waals surface area contributed by atoms with E-state index in [0.717, 1.165) is 49.0 Å². The minimum absolute atomic E-state index is 0.119. The van der Waals surface area contributed by atoms with Gasteiger partial charge in [0, 0.05) is 37.0 Å². The van der Waals surface area contributed by atoms with Crippen LogP contribution in [0.5, 0.6) is 5.75 Å². The van der Waals surface area contributed by atoms with Crippen LogP contribution in [0.15, 0.2) is 48.5 Å². The van der Waals surface area contributed by atoms with Gasteiger partial charge in [0.1, 0.15) is 5.75 Å². The zero-order valence-electron chi connectivity index (χ0n) is 15.8. The lowest BCUT2D eigenvalue weighted by Crippen LogP contribution is -2.32. The minimum Gasteiger partial charge on any atom is -0.493 e. The highest BCUT2D eigenvalue weighted by molar-refractivity contribution is 6.02. The molecule has 0 atom stereocenters. The van der Waals surface area contributed by atoms with Crippen LogP contribution in [0.1, 0.15) is 30.9 Å². The molecule has 0 saturated carbocycles. The van der Waals surface area contributed by atoms with Gasteiger partial charge in [-0.05, 0) is 72.4 Å². The van der Waals surface area contributed by atoms with Gasteiger partial charge in [0.05, 0.1) is 6.61 Å². The number of nitrogens with zero attached hydrogens (tertiary/aromatic N) is 1. The predicted octanol–water partition coefficient (Wildman–Crippen LogP) is 4.51. The fourth-order valence-electron chi connectivity index (χ4n) is 3.69. The van der Waals surface area contributed by atoms with E-state index in [4.69, 9.17) is 4.74 Å². The fourth-order valence-corrected chi connectivity index (χ4v) is 3.69. The third-order valence-corrected chi connectivity index (χ3v) is 5.42. The summed E-state index contributed by atoms with van der Waals surface area (Å²) in [5, 5.41) is 2.93. The Morgan fingerprint density at radius 3 is 2.70 bits per heavy atom. The number of nitrogens with one attached hydrogen (secondary N) is 1. The molecule has 4 heteroatoms. The zero-order chi connectivity index (χ0) is 18.6. The monoisotopic (exact) mass is 362 g/mol.